The summed E-state index contributed by atoms with van der Waals surface area (Å²) in [7, 11) is 0. The molecule has 2 rings (SSSR count). The van der Waals surface area contributed by atoms with Crippen molar-refractivity contribution in [3.8, 4) is 0 Å². The molecule has 0 aliphatic heterocycles. The molecule has 0 aliphatic carbocycles. The van der Waals surface area contributed by atoms with Crippen LogP contribution >= 0.6 is 34.8 Å². The van der Waals surface area contributed by atoms with Crippen LogP contribution in [0.15, 0.2) is 24.8 Å². The fourth-order valence-corrected chi connectivity index (χ4v) is 1.93. The molecule has 1 heterocycles. The molecule has 0 amide bonds. The topological polar surface area (TPSA) is 47.8 Å². The molecular formula is C10H5Cl3FN3O. The second kappa shape index (κ2) is 5.22. The van der Waals surface area contributed by atoms with E-state index in [1.54, 1.807) is 0 Å². The number of hydrogen-bond acceptors (Lipinski definition) is 3. The van der Waals surface area contributed by atoms with Gasteiger partial charge in [-0.3, -0.25) is 4.79 Å². The first-order valence-electron chi connectivity index (χ1n) is 4.68. The number of Topliss-reactive ketones (excluding diaryl/α,β-unsaturated/α-hetero) is 1. The molecule has 1 aromatic carbocycles. The number of rotatable bonds is 3. The number of benzene rings is 1. The number of hydrogen-bond donors (Lipinski definition) is 0. The first kappa shape index (κ1) is 13.3. The first-order chi connectivity index (χ1) is 8.52. The van der Waals surface area contributed by atoms with Crippen molar-refractivity contribution in [1.82, 2.24) is 14.8 Å². The number of carbonyl (C=O) groups excluding carboxylic acids is 1. The van der Waals surface area contributed by atoms with Crippen LogP contribution in [0.2, 0.25) is 15.1 Å². The molecule has 18 heavy (non-hydrogen) atoms. The van der Waals surface area contributed by atoms with Crippen LogP contribution < -0.4 is 0 Å². The molecule has 1 aromatic heterocycles. The second-order valence-corrected chi connectivity index (χ2v) is 4.46. The Bertz CT molecular complexity index is 588. The van der Waals surface area contributed by atoms with E-state index in [2.05, 4.69) is 10.1 Å². The van der Waals surface area contributed by atoms with Crippen LogP contribution in [-0.2, 0) is 0 Å². The van der Waals surface area contributed by atoms with Crippen LogP contribution in [0.25, 0.3) is 0 Å². The van der Waals surface area contributed by atoms with Gasteiger partial charge in [-0.25, -0.2) is 14.1 Å². The van der Waals surface area contributed by atoms with Crippen molar-refractivity contribution in [3.63, 3.8) is 0 Å². The van der Waals surface area contributed by atoms with Crippen LogP contribution in [0.3, 0.4) is 0 Å². The normalized spacial score (nSPS) is 12.4. The van der Waals surface area contributed by atoms with Gasteiger partial charge in [0, 0.05) is 5.56 Å². The number of halogens is 4. The quantitative estimate of drug-likeness (QED) is 0.643. The minimum absolute atomic E-state index is 0.00923. The lowest BCUT2D eigenvalue weighted by molar-refractivity contribution is 0.0779. The van der Waals surface area contributed by atoms with Crippen molar-refractivity contribution in [3.05, 3.63) is 45.4 Å². The molecule has 1 unspecified atom stereocenters. The molecule has 0 fully saturated rings. The SMILES string of the molecule is O=C(c1ccc(Cl)c(Cl)c1Cl)C(F)n1cncn1. The minimum Gasteiger partial charge on any atom is -0.289 e. The Hall–Kier alpha value is -1.17. The van der Waals surface area contributed by atoms with Crippen LogP contribution in [0.5, 0.6) is 0 Å². The van der Waals surface area contributed by atoms with Gasteiger partial charge < -0.3 is 0 Å². The number of alkyl halides is 1. The smallest absolute Gasteiger partial charge is 0.255 e. The van der Waals surface area contributed by atoms with Gasteiger partial charge >= 0.3 is 0 Å². The number of nitrogens with zero attached hydrogens (tertiary/aromatic N) is 3. The van der Waals surface area contributed by atoms with Gasteiger partial charge in [0.2, 0.25) is 5.78 Å². The zero-order valence-electron chi connectivity index (χ0n) is 8.65. The lowest BCUT2D eigenvalue weighted by atomic mass is 10.1. The van der Waals surface area contributed by atoms with E-state index in [0.717, 1.165) is 17.3 Å². The highest BCUT2D eigenvalue weighted by Crippen LogP contribution is 2.34. The maximum absolute atomic E-state index is 13.8. The monoisotopic (exact) mass is 307 g/mol. The average Bonchev–Trinajstić information content (AvgIpc) is 2.88. The van der Waals surface area contributed by atoms with Gasteiger partial charge in [-0.1, -0.05) is 34.8 Å². The average molecular weight is 309 g/mol. The minimum atomic E-state index is -2.01. The summed E-state index contributed by atoms with van der Waals surface area (Å²) >= 11 is 17.4. The molecule has 0 bridgehead atoms. The van der Waals surface area contributed by atoms with Crippen LogP contribution in [0.4, 0.5) is 4.39 Å². The Kier molecular flexibility index (Phi) is 3.85. The van der Waals surface area contributed by atoms with E-state index in [4.69, 9.17) is 34.8 Å². The van der Waals surface area contributed by atoms with Crippen molar-refractivity contribution in [2.24, 2.45) is 0 Å². The van der Waals surface area contributed by atoms with E-state index in [-0.39, 0.29) is 20.6 Å². The number of carbonyl (C=O) groups is 1. The van der Waals surface area contributed by atoms with Crippen molar-refractivity contribution < 1.29 is 9.18 Å². The van der Waals surface area contributed by atoms with Crippen LogP contribution in [0, 0.1) is 0 Å². The number of ketones is 1. The van der Waals surface area contributed by atoms with Gasteiger partial charge in [-0.15, -0.1) is 0 Å². The summed E-state index contributed by atoms with van der Waals surface area (Å²) < 4.78 is 14.6. The van der Waals surface area contributed by atoms with Crippen molar-refractivity contribution >= 4 is 40.6 Å². The maximum atomic E-state index is 13.8. The van der Waals surface area contributed by atoms with Gasteiger partial charge in [0.15, 0.2) is 0 Å². The third-order valence-corrected chi connectivity index (χ3v) is 3.48. The Balaban J connectivity index is 2.38. The predicted octanol–water partition coefficient (Wildman–Crippen LogP) is 3.59. The molecule has 0 spiro atoms. The fourth-order valence-electron chi connectivity index (χ4n) is 1.30. The van der Waals surface area contributed by atoms with Crippen molar-refractivity contribution in [1.29, 1.82) is 0 Å². The molecule has 0 N–H and O–H groups in total. The predicted molar refractivity (Wildman–Crippen MR) is 66.0 cm³/mol. The van der Waals surface area contributed by atoms with Gasteiger partial charge in [0.1, 0.15) is 12.7 Å². The molecule has 8 heteroatoms. The zero-order chi connectivity index (χ0) is 13.3. The lowest BCUT2D eigenvalue weighted by Crippen LogP contribution is -2.16. The highest BCUT2D eigenvalue weighted by Gasteiger charge is 2.25. The van der Waals surface area contributed by atoms with Crippen LogP contribution in [0.1, 0.15) is 16.7 Å². The van der Waals surface area contributed by atoms with Gasteiger partial charge in [0.25, 0.3) is 6.30 Å². The molecule has 0 aliphatic rings. The molecule has 0 saturated carbocycles. The Morgan fingerprint density at radius 1 is 1.28 bits per heavy atom. The third-order valence-electron chi connectivity index (χ3n) is 2.19. The Morgan fingerprint density at radius 3 is 2.61 bits per heavy atom. The molecule has 0 radical (unpaired) electrons. The fraction of sp³-hybridized carbons (Fsp3) is 0.100. The van der Waals surface area contributed by atoms with Crippen molar-refractivity contribution in [2.45, 2.75) is 6.30 Å². The standard InChI is InChI=1S/C10H5Cl3FN3O/c11-6-2-1-5(7(12)8(6)13)9(18)10(14)17-4-15-3-16-17/h1-4,10H. The van der Waals surface area contributed by atoms with Crippen molar-refractivity contribution in [2.75, 3.05) is 0 Å². The first-order valence-corrected chi connectivity index (χ1v) is 5.81. The molecule has 4 nitrogen and oxygen atoms in total. The molecule has 94 valence electrons. The highest BCUT2D eigenvalue weighted by molar-refractivity contribution is 6.49. The van der Waals surface area contributed by atoms with Crippen LogP contribution in [-0.4, -0.2) is 20.5 Å². The largest absolute Gasteiger partial charge is 0.289 e. The van der Waals surface area contributed by atoms with Gasteiger partial charge in [0.05, 0.1) is 15.1 Å². The summed E-state index contributed by atoms with van der Waals surface area (Å²) in [4.78, 5) is 15.4. The molecule has 2 aromatic rings. The number of aromatic nitrogens is 3. The second-order valence-electron chi connectivity index (χ2n) is 3.30. The molecular weight excluding hydrogens is 303 g/mol. The highest BCUT2D eigenvalue weighted by atomic mass is 35.5. The summed E-state index contributed by atoms with van der Waals surface area (Å²) in [6.07, 6.45) is 0.201. The summed E-state index contributed by atoms with van der Waals surface area (Å²) in [5, 5.41) is 3.65. The third kappa shape index (κ3) is 2.34. The van der Waals surface area contributed by atoms with Gasteiger partial charge in [-0.2, -0.15) is 5.10 Å². The van der Waals surface area contributed by atoms with E-state index < -0.39 is 12.1 Å². The zero-order valence-corrected chi connectivity index (χ0v) is 10.9. The molecule has 0 saturated heterocycles. The molecule has 1 atom stereocenters. The summed E-state index contributed by atoms with van der Waals surface area (Å²) in [6, 6.07) is 2.68. The maximum Gasteiger partial charge on any atom is 0.255 e. The summed E-state index contributed by atoms with van der Waals surface area (Å²) in [5.74, 6) is -0.871. The van der Waals surface area contributed by atoms with E-state index >= 15 is 0 Å². The summed E-state index contributed by atoms with van der Waals surface area (Å²) in [6.45, 7) is 0. The van der Waals surface area contributed by atoms with E-state index in [9.17, 15) is 9.18 Å². The summed E-state index contributed by atoms with van der Waals surface area (Å²) in [5.41, 5.74) is -0.0610. The van der Waals surface area contributed by atoms with E-state index in [1.807, 2.05) is 0 Å². The van der Waals surface area contributed by atoms with E-state index in [0.29, 0.717) is 0 Å². The van der Waals surface area contributed by atoms with E-state index in [1.165, 1.54) is 12.1 Å². The Morgan fingerprint density at radius 2 is 2.00 bits per heavy atom. The Labute approximate surface area is 116 Å². The van der Waals surface area contributed by atoms with Gasteiger partial charge in [-0.05, 0) is 12.1 Å². The lowest BCUT2D eigenvalue weighted by Gasteiger charge is -2.09.